The van der Waals surface area contributed by atoms with Crippen LogP contribution in [-0.4, -0.2) is 26.9 Å². The summed E-state index contributed by atoms with van der Waals surface area (Å²) in [7, 11) is -4.32. The van der Waals surface area contributed by atoms with Gasteiger partial charge < -0.3 is 5.32 Å². The minimum Gasteiger partial charge on any atom is -0.352 e. The molecular weight excluding hydrogens is 441 g/mol. The highest BCUT2D eigenvalue weighted by atomic mass is 35.5. The fraction of sp³-hybridized carbons (Fsp3) is 0.350. The monoisotopic (exact) mass is 462 g/mol. The fourth-order valence-electron chi connectivity index (χ4n) is 2.59. The smallest absolute Gasteiger partial charge is 0.352 e. The summed E-state index contributed by atoms with van der Waals surface area (Å²) in [4.78, 5) is 12.3. The summed E-state index contributed by atoms with van der Waals surface area (Å²) in [6.45, 7) is 4.66. The maximum Gasteiger partial charge on any atom is 0.417 e. The van der Waals surface area contributed by atoms with Crippen molar-refractivity contribution in [1.82, 2.24) is 5.32 Å². The van der Waals surface area contributed by atoms with Crippen LogP contribution in [0.5, 0.6) is 0 Å². The first-order chi connectivity index (χ1) is 13.9. The molecule has 0 aliphatic rings. The zero-order valence-electron chi connectivity index (χ0n) is 16.6. The molecule has 0 heterocycles. The van der Waals surface area contributed by atoms with Crippen LogP contribution in [0.3, 0.4) is 0 Å². The molecular formula is C20H22ClF3N2O3S. The van der Waals surface area contributed by atoms with Gasteiger partial charge in [0.2, 0.25) is 5.91 Å². The molecule has 1 N–H and O–H groups in total. The highest BCUT2D eigenvalue weighted by Gasteiger charge is 2.35. The summed E-state index contributed by atoms with van der Waals surface area (Å²) in [6, 6.07) is 8.31. The molecule has 0 aromatic heterocycles. The van der Waals surface area contributed by atoms with Gasteiger partial charge in [0.1, 0.15) is 6.54 Å². The molecule has 1 amide bonds. The molecule has 0 unspecified atom stereocenters. The van der Waals surface area contributed by atoms with Gasteiger partial charge in [-0.1, -0.05) is 36.2 Å². The minimum atomic E-state index is -4.79. The predicted octanol–water partition coefficient (Wildman–Crippen LogP) is 4.78. The van der Waals surface area contributed by atoms with Gasteiger partial charge in [0.25, 0.3) is 10.0 Å². The number of hydrogen-bond donors (Lipinski definition) is 1. The van der Waals surface area contributed by atoms with E-state index in [4.69, 9.17) is 11.6 Å². The first kappa shape index (κ1) is 24.0. The molecule has 164 valence electrons. The highest BCUT2D eigenvalue weighted by Crippen LogP contribution is 2.38. The minimum absolute atomic E-state index is 0.145. The number of rotatable bonds is 7. The van der Waals surface area contributed by atoms with Crippen molar-refractivity contribution in [2.75, 3.05) is 10.8 Å². The predicted molar refractivity (Wildman–Crippen MR) is 110 cm³/mol. The number of alkyl halides is 3. The molecule has 0 aliphatic carbocycles. The molecule has 30 heavy (non-hydrogen) atoms. The van der Waals surface area contributed by atoms with E-state index < -0.39 is 39.2 Å². The Kier molecular flexibility index (Phi) is 7.41. The van der Waals surface area contributed by atoms with Crippen molar-refractivity contribution < 1.29 is 26.4 Å². The SMILES string of the molecule is CC[C@H](C)NC(=O)CN(c1ccc(Cl)c(C(F)(F)F)c1)S(=O)(=O)c1ccc(C)cc1. The van der Waals surface area contributed by atoms with Crippen molar-refractivity contribution in [3.63, 3.8) is 0 Å². The van der Waals surface area contributed by atoms with Gasteiger partial charge in [0, 0.05) is 6.04 Å². The Bertz CT molecular complexity index is 1010. The summed E-state index contributed by atoms with van der Waals surface area (Å²) in [5, 5.41) is 2.06. The molecule has 1 atom stereocenters. The molecule has 0 spiro atoms. The normalized spacial score (nSPS) is 13.0. The van der Waals surface area contributed by atoms with Crippen LogP contribution in [-0.2, 0) is 21.0 Å². The van der Waals surface area contributed by atoms with Crippen molar-refractivity contribution in [3.05, 3.63) is 58.6 Å². The lowest BCUT2D eigenvalue weighted by atomic mass is 10.2. The van der Waals surface area contributed by atoms with Crippen LogP contribution in [0.15, 0.2) is 47.4 Å². The van der Waals surface area contributed by atoms with Gasteiger partial charge in [-0.3, -0.25) is 9.10 Å². The standard InChI is InChI=1S/C20H22ClF3N2O3S/c1-4-14(3)25-19(27)12-26(30(28,29)16-8-5-13(2)6-9-16)15-7-10-18(21)17(11-15)20(22,23)24/h5-11,14H,4,12H2,1-3H3,(H,25,27)/t14-/m0/s1. The van der Waals surface area contributed by atoms with Crippen LogP contribution in [0.4, 0.5) is 18.9 Å². The molecule has 2 rings (SSSR count). The lowest BCUT2D eigenvalue weighted by molar-refractivity contribution is -0.137. The largest absolute Gasteiger partial charge is 0.417 e. The van der Waals surface area contributed by atoms with Crippen LogP contribution < -0.4 is 9.62 Å². The van der Waals surface area contributed by atoms with Gasteiger partial charge in [-0.2, -0.15) is 13.2 Å². The Balaban J connectivity index is 2.57. The topological polar surface area (TPSA) is 66.5 Å². The second kappa shape index (κ2) is 9.26. The number of halogens is 4. The van der Waals surface area contributed by atoms with Crippen LogP contribution in [0.2, 0.25) is 5.02 Å². The Hall–Kier alpha value is -2.26. The van der Waals surface area contributed by atoms with Gasteiger partial charge in [-0.25, -0.2) is 8.42 Å². The lowest BCUT2D eigenvalue weighted by Crippen LogP contribution is -2.43. The molecule has 0 saturated carbocycles. The summed E-state index contributed by atoms with van der Waals surface area (Å²) in [6.07, 6.45) is -4.18. The Morgan fingerprint density at radius 1 is 1.17 bits per heavy atom. The number of aryl methyl sites for hydroxylation is 1. The lowest BCUT2D eigenvalue weighted by Gasteiger charge is -2.26. The number of nitrogens with one attached hydrogen (secondary N) is 1. The van der Waals surface area contributed by atoms with E-state index in [9.17, 15) is 26.4 Å². The number of hydrogen-bond acceptors (Lipinski definition) is 3. The number of anilines is 1. The van der Waals surface area contributed by atoms with Gasteiger partial charge >= 0.3 is 6.18 Å². The summed E-state index contributed by atoms with van der Waals surface area (Å²) >= 11 is 5.66. The first-order valence-corrected chi connectivity index (χ1v) is 10.9. The fourth-order valence-corrected chi connectivity index (χ4v) is 4.23. The number of sulfonamides is 1. The third kappa shape index (κ3) is 5.66. The number of benzene rings is 2. The van der Waals surface area contributed by atoms with Gasteiger partial charge in [-0.15, -0.1) is 0 Å². The van der Waals surface area contributed by atoms with Crippen molar-refractivity contribution in [2.24, 2.45) is 0 Å². The molecule has 2 aromatic rings. The number of carbonyl (C=O) groups is 1. The van der Waals surface area contributed by atoms with E-state index >= 15 is 0 Å². The highest BCUT2D eigenvalue weighted by molar-refractivity contribution is 7.92. The second-order valence-corrected chi connectivity index (χ2v) is 9.13. The Morgan fingerprint density at radius 2 is 1.77 bits per heavy atom. The van der Waals surface area contributed by atoms with Crippen LogP contribution >= 0.6 is 11.6 Å². The van der Waals surface area contributed by atoms with Crippen LogP contribution in [0.25, 0.3) is 0 Å². The third-order valence-electron chi connectivity index (χ3n) is 4.46. The van der Waals surface area contributed by atoms with Gasteiger partial charge in [-0.05, 0) is 50.6 Å². The number of amides is 1. The summed E-state index contributed by atoms with van der Waals surface area (Å²) < 4.78 is 67.0. The van der Waals surface area contributed by atoms with Crippen molar-refractivity contribution in [2.45, 2.75) is 44.3 Å². The first-order valence-electron chi connectivity index (χ1n) is 9.11. The number of carbonyl (C=O) groups excluding carboxylic acids is 1. The maximum absolute atomic E-state index is 13.3. The summed E-state index contributed by atoms with van der Waals surface area (Å²) in [5.41, 5.74) is -0.694. The maximum atomic E-state index is 13.3. The zero-order valence-corrected chi connectivity index (χ0v) is 18.2. The third-order valence-corrected chi connectivity index (χ3v) is 6.58. The average molecular weight is 463 g/mol. The molecule has 0 saturated heterocycles. The molecule has 0 radical (unpaired) electrons. The second-order valence-electron chi connectivity index (χ2n) is 6.86. The molecule has 0 bridgehead atoms. The van der Waals surface area contributed by atoms with E-state index in [1.807, 2.05) is 6.92 Å². The molecule has 0 aliphatic heterocycles. The van der Waals surface area contributed by atoms with E-state index in [1.54, 1.807) is 26.0 Å². The summed E-state index contributed by atoms with van der Waals surface area (Å²) in [5.74, 6) is -0.636. The van der Waals surface area contributed by atoms with E-state index in [-0.39, 0.29) is 16.6 Å². The van der Waals surface area contributed by atoms with Crippen molar-refractivity contribution >= 4 is 33.2 Å². The molecule has 2 aromatic carbocycles. The Labute approximate surface area is 178 Å². The molecule has 5 nitrogen and oxygen atoms in total. The van der Waals surface area contributed by atoms with Gasteiger partial charge in [0.05, 0.1) is 21.2 Å². The van der Waals surface area contributed by atoms with Gasteiger partial charge in [0.15, 0.2) is 0 Å². The van der Waals surface area contributed by atoms with Crippen LogP contribution in [0, 0.1) is 6.92 Å². The molecule has 10 heteroatoms. The average Bonchev–Trinajstić information content (AvgIpc) is 2.66. The van der Waals surface area contributed by atoms with E-state index in [0.29, 0.717) is 16.8 Å². The van der Waals surface area contributed by atoms with E-state index in [1.165, 1.54) is 12.1 Å². The van der Waals surface area contributed by atoms with Crippen molar-refractivity contribution in [1.29, 1.82) is 0 Å². The number of nitrogens with zero attached hydrogens (tertiary/aromatic N) is 1. The van der Waals surface area contributed by atoms with Crippen molar-refractivity contribution in [3.8, 4) is 0 Å². The van der Waals surface area contributed by atoms with E-state index in [0.717, 1.165) is 17.7 Å². The quantitative estimate of drug-likeness (QED) is 0.644. The van der Waals surface area contributed by atoms with E-state index in [2.05, 4.69) is 5.32 Å². The van der Waals surface area contributed by atoms with Crippen LogP contribution in [0.1, 0.15) is 31.4 Å². The Morgan fingerprint density at radius 3 is 2.30 bits per heavy atom. The molecule has 0 fully saturated rings. The zero-order chi connectivity index (χ0) is 22.7.